The highest BCUT2D eigenvalue weighted by molar-refractivity contribution is 8.26. The van der Waals surface area contributed by atoms with Crippen LogP contribution in [0.3, 0.4) is 0 Å². The van der Waals surface area contributed by atoms with E-state index in [9.17, 15) is 4.79 Å². The van der Waals surface area contributed by atoms with E-state index in [1.165, 1.54) is 17.1 Å². The zero-order valence-corrected chi connectivity index (χ0v) is 18.7. The zero-order chi connectivity index (χ0) is 21.9. The summed E-state index contributed by atoms with van der Waals surface area (Å²) in [5.74, 6) is 0.656. The number of benzene rings is 2. The van der Waals surface area contributed by atoms with Gasteiger partial charge >= 0.3 is 0 Å². The number of nitrogens with zero attached hydrogens (tertiary/aromatic N) is 4. The van der Waals surface area contributed by atoms with Gasteiger partial charge in [-0.05, 0) is 59.2 Å². The van der Waals surface area contributed by atoms with E-state index in [1.54, 1.807) is 4.90 Å². The van der Waals surface area contributed by atoms with Gasteiger partial charge in [0.05, 0.1) is 4.91 Å². The molecule has 1 amide bonds. The minimum Gasteiger partial charge on any atom is -0.361 e. The molecule has 2 aromatic heterocycles. The van der Waals surface area contributed by atoms with Crippen LogP contribution < -0.4 is 0 Å². The Bertz CT molecular complexity index is 1310. The molecule has 4 aromatic rings. The van der Waals surface area contributed by atoms with E-state index in [4.69, 9.17) is 12.2 Å². The molecule has 5 rings (SSSR count). The summed E-state index contributed by atoms with van der Waals surface area (Å²) in [5.41, 5.74) is 4.32. The van der Waals surface area contributed by atoms with Crippen molar-refractivity contribution in [3.05, 3.63) is 71.0 Å². The van der Waals surface area contributed by atoms with Crippen LogP contribution in [0.2, 0.25) is 0 Å². The van der Waals surface area contributed by atoms with Crippen LogP contribution in [0.4, 0.5) is 0 Å². The van der Waals surface area contributed by atoms with Crippen LogP contribution in [0.1, 0.15) is 24.2 Å². The number of aromatic amines is 2. The number of carbonyl (C=O) groups is 1. The lowest BCUT2D eigenvalue weighted by Gasteiger charge is -2.13. The molecule has 2 N–H and O–H groups in total. The zero-order valence-electron chi connectivity index (χ0n) is 17.1. The number of hydrogen-bond acceptors (Lipinski definition) is 6. The first-order valence-corrected chi connectivity index (χ1v) is 11.6. The minimum absolute atomic E-state index is 0.0298. The van der Waals surface area contributed by atoms with Crippen LogP contribution in [0.15, 0.2) is 59.6 Å². The van der Waals surface area contributed by atoms with E-state index in [1.807, 2.05) is 24.4 Å². The summed E-state index contributed by atoms with van der Waals surface area (Å²) < 4.78 is 0.606. The Morgan fingerprint density at radius 1 is 1.09 bits per heavy atom. The lowest BCUT2D eigenvalue weighted by Crippen LogP contribution is -2.29. The summed E-state index contributed by atoms with van der Waals surface area (Å²) in [6.45, 7) is 0.593. The van der Waals surface area contributed by atoms with Crippen molar-refractivity contribution in [2.45, 2.75) is 19.3 Å². The summed E-state index contributed by atoms with van der Waals surface area (Å²) >= 11 is 6.82. The van der Waals surface area contributed by atoms with Crippen molar-refractivity contribution in [3.8, 4) is 11.1 Å². The number of tetrazole rings is 1. The largest absolute Gasteiger partial charge is 0.361 e. The van der Waals surface area contributed by atoms with Crippen LogP contribution in [0.5, 0.6) is 0 Å². The first-order valence-electron chi connectivity index (χ1n) is 10.3. The molecule has 1 saturated heterocycles. The monoisotopic (exact) mass is 460 g/mol. The van der Waals surface area contributed by atoms with Gasteiger partial charge < -0.3 is 4.98 Å². The van der Waals surface area contributed by atoms with Gasteiger partial charge in [0.1, 0.15) is 4.32 Å². The summed E-state index contributed by atoms with van der Waals surface area (Å²) in [5, 5.41) is 15.1. The lowest BCUT2D eigenvalue weighted by atomic mass is 10.0. The highest BCUT2D eigenvalue weighted by atomic mass is 32.2. The second-order valence-electron chi connectivity index (χ2n) is 7.52. The van der Waals surface area contributed by atoms with Crippen molar-refractivity contribution < 1.29 is 4.79 Å². The minimum atomic E-state index is -0.0298. The van der Waals surface area contributed by atoms with E-state index < -0.39 is 0 Å². The number of nitrogens with one attached hydrogen (secondary N) is 2. The second kappa shape index (κ2) is 9.05. The molecule has 0 spiro atoms. The maximum Gasteiger partial charge on any atom is 0.266 e. The molecule has 1 aliphatic heterocycles. The van der Waals surface area contributed by atoms with Crippen LogP contribution >= 0.6 is 24.0 Å². The van der Waals surface area contributed by atoms with Crippen molar-refractivity contribution in [2.75, 3.05) is 6.54 Å². The molecule has 1 fully saturated rings. The molecule has 9 heteroatoms. The summed E-state index contributed by atoms with van der Waals surface area (Å²) in [4.78, 5) is 18.5. The van der Waals surface area contributed by atoms with E-state index in [0.29, 0.717) is 21.6 Å². The number of rotatable bonds is 7. The Morgan fingerprint density at radius 3 is 2.88 bits per heavy atom. The predicted octanol–water partition coefficient (Wildman–Crippen LogP) is 4.57. The van der Waals surface area contributed by atoms with Crippen molar-refractivity contribution in [2.24, 2.45) is 0 Å². The molecule has 32 heavy (non-hydrogen) atoms. The number of fused-ring (bicyclic) bond motifs is 1. The number of carbonyl (C=O) groups excluding carboxylic acids is 1. The molecule has 0 saturated carbocycles. The topological polar surface area (TPSA) is 90.6 Å². The van der Waals surface area contributed by atoms with E-state index in [2.05, 4.69) is 62.0 Å². The van der Waals surface area contributed by atoms with Gasteiger partial charge in [-0.15, -0.1) is 10.2 Å². The first kappa shape index (κ1) is 20.6. The smallest absolute Gasteiger partial charge is 0.266 e. The number of thiocarbonyl (C=S) groups is 1. The van der Waals surface area contributed by atoms with Crippen LogP contribution in [0.25, 0.3) is 28.1 Å². The van der Waals surface area contributed by atoms with Crippen molar-refractivity contribution >= 4 is 51.2 Å². The molecular weight excluding hydrogens is 440 g/mol. The fourth-order valence-electron chi connectivity index (χ4n) is 3.72. The Morgan fingerprint density at radius 2 is 2.00 bits per heavy atom. The molecule has 160 valence electrons. The van der Waals surface area contributed by atoms with Gasteiger partial charge in [-0.1, -0.05) is 59.5 Å². The third-order valence-electron chi connectivity index (χ3n) is 5.37. The van der Waals surface area contributed by atoms with E-state index in [-0.39, 0.29) is 5.91 Å². The van der Waals surface area contributed by atoms with Gasteiger partial charge in [-0.3, -0.25) is 9.69 Å². The molecule has 0 atom stereocenters. The molecule has 1 aliphatic rings. The van der Waals surface area contributed by atoms with Gasteiger partial charge in [-0.25, -0.2) is 0 Å². The fourth-order valence-corrected chi connectivity index (χ4v) is 5.03. The average Bonchev–Trinajstić information content (AvgIpc) is 3.54. The highest BCUT2D eigenvalue weighted by Crippen LogP contribution is 2.33. The number of thioether (sulfide) groups is 1. The highest BCUT2D eigenvalue weighted by Gasteiger charge is 2.31. The summed E-state index contributed by atoms with van der Waals surface area (Å²) in [6.07, 6.45) is 6.28. The van der Waals surface area contributed by atoms with Crippen LogP contribution in [-0.2, 0) is 11.2 Å². The maximum absolute atomic E-state index is 12.9. The second-order valence-corrected chi connectivity index (χ2v) is 9.20. The van der Waals surface area contributed by atoms with Crippen molar-refractivity contribution in [1.29, 1.82) is 0 Å². The first-order chi connectivity index (χ1) is 15.7. The Balaban J connectivity index is 1.27. The van der Waals surface area contributed by atoms with E-state index in [0.717, 1.165) is 41.5 Å². The molecule has 0 bridgehead atoms. The van der Waals surface area contributed by atoms with Crippen molar-refractivity contribution in [3.63, 3.8) is 0 Å². The van der Waals surface area contributed by atoms with Crippen LogP contribution in [0, 0.1) is 0 Å². The SMILES string of the molecule is O=C1/C(=C/c2cccc(-c3ccc4cc[nH]c4c3)c2)SC(=S)N1CCCCc1nn[nH]n1. The standard InChI is InChI=1S/C23H20N6OS2/c30-22-20(32-23(31)29(22)11-2-1-6-21-25-27-28-26-21)13-15-4-3-5-17(12-15)18-8-7-16-9-10-24-19(16)14-18/h3-5,7-10,12-14,24H,1-2,6,11H2,(H,25,26,27,28)/b20-13-. The van der Waals surface area contributed by atoms with Gasteiger partial charge in [-0.2, -0.15) is 5.21 Å². The quantitative estimate of drug-likeness (QED) is 0.238. The summed E-state index contributed by atoms with van der Waals surface area (Å²) in [7, 11) is 0. The van der Waals surface area contributed by atoms with E-state index >= 15 is 0 Å². The van der Waals surface area contributed by atoms with Gasteiger partial charge in [0.15, 0.2) is 5.82 Å². The third kappa shape index (κ3) is 4.35. The number of H-pyrrole nitrogens is 2. The van der Waals surface area contributed by atoms with Gasteiger partial charge in [0.25, 0.3) is 5.91 Å². The van der Waals surface area contributed by atoms with Crippen LogP contribution in [-0.4, -0.2) is 47.3 Å². The lowest BCUT2D eigenvalue weighted by molar-refractivity contribution is -0.122. The molecule has 3 heterocycles. The molecule has 0 radical (unpaired) electrons. The average molecular weight is 461 g/mol. The number of aromatic nitrogens is 5. The van der Waals surface area contributed by atoms with Crippen molar-refractivity contribution in [1.82, 2.24) is 30.5 Å². The third-order valence-corrected chi connectivity index (χ3v) is 6.75. The fraction of sp³-hybridized carbons (Fsp3) is 0.174. The molecular formula is C23H20N6OS2. The number of amides is 1. The number of hydrogen-bond donors (Lipinski definition) is 2. The number of aryl methyl sites for hydroxylation is 1. The summed E-state index contributed by atoms with van der Waals surface area (Å²) in [6, 6.07) is 16.6. The molecule has 2 aromatic carbocycles. The Hall–Kier alpha value is -3.30. The van der Waals surface area contributed by atoms with Gasteiger partial charge in [0.2, 0.25) is 0 Å². The Labute approximate surface area is 194 Å². The number of unbranched alkanes of at least 4 members (excludes halogenated alkanes) is 1. The van der Waals surface area contributed by atoms with Gasteiger partial charge in [0, 0.05) is 24.7 Å². The normalized spacial score (nSPS) is 15.4. The Kier molecular flexibility index (Phi) is 5.83. The predicted molar refractivity (Wildman–Crippen MR) is 131 cm³/mol. The molecule has 7 nitrogen and oxygen atoms in total. The maximum atomic E-state index is 12.9. The molecule has 0 aliphatic carbocycles. The molecule has 0 unspecified atom stereocenters.